The molecule has 6 nitrogen and oxygen atoms in total. The molecule has 1 atom stereocenters. The molecule has 1 heterocycles. The summed E-state index contributed by atoms with van der Waals surface area (Å²) in [5.74, 6) is 0.344. The fourth-order valence-electron chi connectivity index (χ4n) is 3.01. The van der Waals surface area contributed by atoms with Crippen molar-refractivity contribution in [3.8, 4) is 22.8 Å². The molecule has 1 amide bonds. The molecule has 0 aliphatic rings. The Balaban J connectivity index is 1.92. The lowest BCUT2D eigenvalue weighted by atomic mass is 10.0. The van der Waals surface area contributed by atoms with Gasteiger partial charge >= 0.3 is 0 Å². The number of carbonyl (C=O) groups excluding carboxylic acids is 1. The molecule has 0 aliphatic heterocycles. The second kappa shape index (κ2) is 8.53. The van der Waals surface area contributed by atoms with Gasteiger partial charge in [-0.05, 0) is 43.7 Å². The summed E-state index contributed by atoms with van der Waals surface area (Å²) in [6.07, 6.45) is 0. The van der Waals surface area contributed by atoms with Gasteiger partial charge in [-0.25, -0.2) is 4.39 Å². The van der Waals surface area contributed by atoms with E-state index in [1.165, 1.54) is 25.3 Å². The first-order chi connectivity index (χ1) is 13.9. The van der Waals surface area contributed by atoms with E-state index in [0.717, 1.165) is 5.56 Å². The van der Waals surface area contributed by atoms with E-state index in [1.807, 2.05) is 13.0 Å². The quantitative estimate of drug-likeness (QED) is 0.613. The van der Waals surface area contributed by atoms with Crippen LogP contribution in [0.25, 0.3) is 11.3 Å². The zero-order chi connectivity index (χ0) is 21.1. The fourth-order valence-corrected chi connectivity index (χ4v) is 3.26. The van der Waals surface area contributed by atoms with Crippen LogP contribution in [0.15, 0.2) is 40.9 Å². The van der Waals surface area contributed by atoms with Crippen molar-refractivity contribution < 1.29 is 23.2 Å². The molecule has 0 radical (unpaired) electrons. The highest BCUT2D eigenvalue weighted by molar-refractivity contribution is 6.33. The van der Waals surface area contributed by atoms with Crippen LogP contribution >= 0.6 is 11.6 Å². The van der Waals surface area contributed by atoms with E-state index in [-0.39, 0.29) is 33.6 Å². The van der Waals surface area contributed by atoms with Crippen LogP contribution < -0.4 is 14.8 Å². The van der Waals surface area contributed by atoms with Gasteiger partial charge in [-0.1, -0.05) is 28.9 Å². The molecule has 2 aromatic carbocycles. The Morgan fingerprint density at radius 3 is 2.59 bits per heavy atom. The molecule has 152 valence electrons. The summed E-state index contributed by atoms with van der Waals surface area (Å²) in [6.45, 7) is 3.40. The van der Waals surface area contributed by atoms with Crippen molar-refractivity contribution >= 4 is 17.5 Å². The second-order valence-corrected chi connectivity index (χ2v) is 6.78. The normalized spacial score (nSPS) is 11.8. The first-order valence-electron chi connectivity index (χ1n) is 8.80. The Hall–Kier alpha value is -3.06. The maximum atomic E-state index is 14.3. The average molecular weight is 419 g/mol. The Labute approximate surface area is 172 Å². The highest BCUT2D eigenvalue weighted by atomic mass is 35.5. The zero-order valence-electron chi connectivity index (χ0n) is 16.4. The summed E-state index contributed by atoms with van der Waals surface area (Å²) in [6, 6.07) is 9.23. The third-order valence-corrected chi connectivity index (χ3v) is 4.86. The SMILES string of the molecule is COc1ccc([C@H](C)NC(=O)c2c(-c3c(F)cccc3Cl)noc2C)cc1OC. The largest absolute Gasteiger partial charge is 0.493 e. The van der Waals surface area contributed by atoms with E-state index in [2.05, 4.69) is 10.5 Å². The minimum absolute atomic E-state index is 0.0231. The maximum absolute atomic E-state index is 14.3. The molecule has 3 rings (SSSR count). The number of nitrogens with zero attached hydrogens (tertiary/aromatic N) is 1. The summed E-state index contributed by atoms with van der Waals surface area (Å²) in [5.41, 5.74) is 1.01. The molecule has 0 fully saturated rings. The molecule has 0 aliphatic carbocycles. The van der Waals surface area contributed by atoms with Gasteiger partial charge in [0.15, 0.2) is 11.5 Å². The first kappa shape index (κ1) is 20.7. The summed E-state index contributed by atoms with van der Waals surface area (Å²) >= 11 is 6.13. The standard InChI is InChI=1S/C21H20ClFN2O4/c1-11(13-8-9-16(27-3)17(10-13)28-4)24-21(26)18-12(2)29-25-20(18)19-14(22)6-5-7-15(19)23/h5-11H,1-4H3,(H,24,26)/t11-/m0/s1. The smallest absolute Gasteiger partial charge is 0.257 e. The van der Waals surface area contributed by atoms with Gasteiger partial charge in [-0.2, -0.15) is 0 Å². The Morgan fingerprint density at radius 1 is 1.21 bits per heavy atom. The molecule has 0 bridgehead atoms. The molecule has 0 spiro atoms. The highest BCUT2D eigenvalue weighted by Crippen LogP contribution is 2.34. The van der Waals surface area contributed by atoms with Crippen LogP contribution in [0.3, 0.4) is 0 Å². The molecule has 1 aromatic heterocycles. The Bertz CT molecular complexity index is 1030. The van der Waals surface area contributed by atoms with Crippen molar-refractivity contribution in [2.45, 2.75) is 19.9 Å². The summed E-state index contributed by atoms with van der Waals surface area (Å²) in [7, 11) is 3.09. The number of carbonyl (C=O) groups is 1. The van der Waals surface area contributed by atoms with Crippen LogP contribution in [0.5, 0.6) is 11.5 Å². The Kier molecular flexibility index (Phi) is 6.08. The predicted octanol–water partition coefficient (Wildman–Crippen LogP) is 4.95. The number of aryl methyl sites for hydroxylation is 1. The van der Waals surface area contributed by atoms with Gasteiger partial charge in [0.25, 0.3) is 5.91 Å². The fraction of sp³-hybridized carbons (Fsp3) is 0.238. The van der Waals surface area contributed by atoms with Crippen molar-refractivity contribution in [2.75, 3.05) is 14.2 Å². The van der Waals surface area contributed by atoms with E-state index < -0.39 is 11.7 Å². The number of hydrogen-bond donors (Lipinski definition) is 1. The molecular formula is C21H20ClFN2O4. The molecule has 0 saturated carbocycles. The number of rotatable bonds is 6. The minimum Gasteiger partial charge on any atom is -0.493 e. The van der Waals surface area contributed by atoms with E-state index in [9.17, 15) is 9.18 Å². The molecule has 0 saturated heterocycles. The van der Waals surface area contributed by atoms with E-state index >= 15 is 0 Å². The van der Waals surface area contributed by atoms with Crippen LogP contribution in [-0.2, 0) is 0 Å². The molecule has 29 heavy (non-hydrogen) atoms. The van der Waals surface area contributed by atoms with Crippen LogP contribution in [-0.4, -0.2) is 25.3 Å². The van der Waals surface area contributed by atoms with Gasteiger partial charge in [0, 0.05) is 0 Å². The average Bonchev–Trinajstić information content (AvgIpc) is 3.08. The number of halogens is 2. The Morgan fingerprint density at radius 2 is 1.93 bits per heavy atom. The van der Waals surface area contributed by atoms with Crippen LogP contribution in [0.4, 0.5) is 4.39 Å². The van der Waals surface area contributed by atoms with Crippen molar-refractivity contribution in [3.05, 3.63) is 64.1 Å². The predicted molar refractivity (Wildman–Crippen MR) is 107 cm³/mol. The van der Waals surface area contributed by atoms with Crippen molar-refractivity contribution in [1.82, 2.24) is 10.5 Å². The number of amides is 1. The number of nitrogens with one attached hydrogen (secondary N) is 1. The van der Waals surface area contributed by atoms with Gasteiger partial charge in [0.2, 0.25) is 0 Å². The maximum Gasteiger partial charge on any atom is 0.257 e. The van der Waals surface area contributed by atoms with E-state index in [4.69, 9.17) is 25.6 Å². The van der Waals surface area contributed by atoms with Gasteiger partial charge in [-0.15, -0.1) is 0 Å². The van der Waals surface area contributed by atoms with Crippen LogP contribution in [0.1, 0.15) is 34.6 Å². The minimum atomic E-state index is -0.590. The lowest BCUT2D eigenvalue weighted by molar-refractivity contribution is 0.0939. The third kappa shape index (κ3) is 4.05. The molecule has 3 aromatic rings. The number of ether oxygens (including phenoxy) is 2. The number of hydrogen-bond acceptors (Lipinski definition) is 5. The van der Waals surface area contributed by atoms with Gasteiger partial charge < -0.3 is 19.3 Å². The van der Waals surface area contributed by atoms with Gasteiger partial charge in [0.1, 0.15) is 22.8 Å². The summed E-state index contributed by atoms with van der Waals surface area (Å²) in [5, 5.41) is 6.88. The zero-order valence-corrected chi connectivity index (χ0v) is 17.1. The molecule has 1 N–H and O–H groups in total. The summed E-state index contributed by atoms with van der Waals surface area (Å²) in [4.78, 5) is 13.0. The number of aromatic nitrogens is 1. The topological polar surface area (TPSA) is 73.6 Å². The van der Waals surface area contributed by atoms with E-state index in [1.54, 1.807) is 26.2 Å². The van der Waals surface area contributed by atoms with Crippen LogP contribution in [0, 0.1) is 12.7 Å². The van der Waals surface area contributed by atoms with E-state index in [0.29, 0.717) is 11.5 Å². The van der Waals surface area contributed by atoms with Gasteiger partial charge in [-0.3, -0.25) is 4.79 Å². The molecular weight excluding hydrogens is 399 g/mol. The second-order valence-electron chi connectivity index (χ2n) is 6.37. The van der Waals surface area contributed by atoms with Crippen molar-refractivity contribution in [3.63, 3.8) is 0 Å². The molecule has 8 heteroatoms. The third-order valence-electron chi connectivity index (χ3n) is 4.54. The van der Waals surface area contributed by atoms with Crippen molar-refractivity contribution in [2.24, 2.45) is 0 Å². The molecule has 0 unspecified atom stereocenters. The lowest BCUT2D eigenvalue weighted by Crippen LogP contribution is -2.27. The monoisotopic (exact) mass is 418 g/mol. The number of methoxy groups -OCH3 is 2. The van der Waals surface area contributed by atoms with Crippen LogP contribution in [0.2, 0.25) is 5.02 Å². The summed E-state index contributed by atoms with van der Waals surface area (Å²) < 4.78 is 30.1. The highest BCUT2D eigenvalue weighted by Gasteiger charge is 2.26. The van der Waals surface area contributed by atoms with Gasteiger partial charge in [0.05, 0.1) is 30.8 Å². The van der Waals surface area contributed by atoms with Crippen molar-refractivity contribution in [1.29, 1.82) is 0 Å². The first-order valence-corrected chi connectivity index (χ1v) is 9.18. The lowest BCUT2D eigenvalue weighted by Gasteiger charge is -2.17. The number of benzene rings is 2.